The summed E-state index contributed by atoms with van der Waals surface area (Å²) in [7, 11) is 0. The van der Waals surface area contributed by atoms with Crippen LogP contribution in [0.2, 0.25) is 0 Å². The van der Waals surface area contributed by atoms with Gasteiger partial charge >= 0.3 is 0 Å². The van der Waals surface area contributed by atoms with Gasteiger partial charge in [-0.05, 0) is 63.3 Å². The molecule has 0 bridgehead atoms. The van der Waals surface area contributed by atoms with Crippen LogP contribution in [-0.2, 0) is 6.54 Å². The number of guanidine groups is 1. The smallest absolute Gasteiger partial charge is 0.191 e. The van der Waals surface area contributed by atoms with E-state index in [9.17, 15) is 0 Å². The maximum atomic E-state index is 4.84. The van der Waals surface area contributed by atoms with Gasteiger partial charge in [0.25, 0.3) is 0 Å². The van der Waals surface area contributed by atoms with Crippen LogP contribution in [0.3, 0.4) is 0 Å². The van der Waals surface area contributed by atoms with E-state index in [1.165, 1.54) is 53.5 Å². The van der Waals surface area contributed by atoms with E-state index in [-0.39, 0.29) is 24.0 Å². The third kappa shape index (κ3) is 4.77. The van der Waals surface area contributed by atoms with Crippen LogP contribution in [0.1, 0.15) is 43.0 Å². The number of H-pyrrole nitrogens is 1. The Hall–Kier alpha value is -1.28. The van der Waals surface area contributed by atoms with Crippen molar-refractivity contribution in [1.29, 1.82) is 0 Å². The van der Waals surface area contributed by atoms with Crippen molar-refractivity contribution in [2.75, 3.05) is 19.6 Å². The van der Waals surface area contributed by atoms with Crippen molar-refractivity contribution in [3.05, 3.63) is 35.0 Å². The van der Waals surface area contributed by atoms with Gasteiger partial charge in [-0.25, -0.2) is 4.99 Å². The summed E-state index contributed by atoms with van der Waals surface area (Å²) in [5, 5.41) is 8.36. The van der Waals surface area contributed by atoms with E-state index < -0.39 is 0 Å². The quantitative estimate of drug-likeness (QED) is 0.347. The average Bonchev–Trinajstić information content (AvgIpc) is 3.32. The summed E-state index contributed by atoms with van der Waals surface area (Å²) in [6.45, 7) is 10.4. The maximum absolute atomic E-state index is 4.84. The molecule has 148 valence electrons. The Balaban J connectivity index is 0.00000210. The number of nitrogens with zero attached hydrogens (tertiary/aromatic N) is 2. The standard InChI is InChI=1S/C21H31N5.HI/c1-4-22-21(25-17-9-10-26(13-17)18-6-7-18)23-12-16-5-8-20-19(11-16)14(2)15(3)24-20;/h5,8,11,17-18,24H,4,6-7,9-10,12-13H2,1-3H3,(H2,22,23,25);1H. The van der Waals surface area contributed by atoms with Crippen molar-refractivity contribution in [1.82, 2.24) is 20.5 Å². The van der Waals surface area contributed by atoms with E-state index in [1.807, 2.05) is 0 Å². The second-order valence-electron chi connectivity index (χ2n) is 7.81. The second-order valence-corrected chi connectivity index (χ2v) is 7.81. The lowest BCUT2D eigenvalue weighted by Crippen LogP contribution is -2.44. The Bertz CT molecular complexity index is 808. The van der Waals surface area contributed by atoms with Crippen LogP contribution in [0.15, 0.2) is 23.2 Å². The fourth-order valence-electron chi connectivity index (χ4n) is 3.97. The average molecular weight is 481 g/mol. The molecular formula is C21H32IN5. The summed E-state index contributed by atoms with van der Waals surface area (Å²) in [6, 6.07) is 8.00. The molecule has 1 unspecified atom stereocenters. The van der Waals surface area contributed by atoms with Crippen molar-refractivity contribution in [3.8, 4) is 0 Å². The van der Waals surface area contributed by atoms with Gasteiger partial charge in [0.2, 0.25) is 0 Å². The molecule has 2 aliphatic rings. The highest BCUT2D eigenvalue weighted by molar-refractivity contribution is 14.0. The summed E-state index contributed by atoms with van der Waals surface area (Å²) in [6.07, 6.45) is 4.00. The number of fused-ring (bicyclic) bond motifs is 1. The van der Waals surface area contributed by atoms with Crippen LogP contribution in [0, 0.1) is 13.8 Å². The molecule has 1 saturated carbocycles. The molecular weight excluding hydrogens is 449 g/mol. The molecule has 2 fully saturated rings. The summed E-state index contributed by atoms with van der Waals surface area (Å²) < 4.78 is 0. The van der Waals surface area contributed by atoms with E-state index >= 15 is 0 Å². The van der Waals surface area contributed by atoms with Gasteiger partial charge in [-0.15, -0.1) is 24.0 Å². The number of nitrogens with one attached hydrogen (secondary N) is 3. The van der Waals surface area contributed by atoms with Crippen molar-refractivity contribution in [2.24, 2.45) is 4.99 Å². The molecule has 3 N–H and O–H groups in total. The molecule has 0 radical (unpaired) electrons. The zero-order chi connectivity index (χ0) is 18.1. The number of aromatic amines is 1. The van der Waals surface area contributed by atoms with Crippen LogP contribution in [0.4, 0.5) is 0 Å². The van der Waals surface area contributed by atoms with Gasteiger partial charge in [-0.2, -0.15) is 0 Å². The molecule has 1 aliphatic heterocycles. The Kier molecular flexibility index (Phi) is 6.68. The topological polar surface area (TPSA) is 55.5 Å². The van der Waals surface area contributed by atoms with Crippen molar-refractivity contribution in [2.45, 2.75) is 58.7 Å². The third-order valence-corrected chi connectivity index (χ3v) is 5.76. The SMILES string of the molecule is CCNC(=NCc1ccc2[nH]c(C)c(C)c2c1)NC1CCN(C2CC2)C1.I. The predicted molar refractivity (Wildman–Crippen MR) is 124 cm³/mol. The molecule has 5 nitrogen and oxygen atoms in total. The lowest BCUT2D eigenvalue weighted by molar-refractivity contribution is 0.321. The molecule has 1 aromatic carbocycles. The first-order chi connectivity index (χ1) is 12.6. The summed E-state index contributed by atoms with van der Waals surface area (Å²) in [4.78, 5) is 10.9. The van der Waals surface area contributed by atoms with Gasteiger partial charge < -0.3 is 15.6 Å². The number of likely N-dealkylation sites (tertiary alicyclic amines) is 1. The molecule has 2 heterocycles. The second kappa shape index (κ2) is 8.82. The van der Waals surface area contributed by atoms with Crippen LogP contribution in [0.25, 0.3) is 10.9 Å². The van der Waals surface area contributed by atoms with Gasteiger partial charge in [0.1, 0.15) is 0 Å². The van der Waals surface area contributed by atoms with Crippen LogP contribution in [0.5, 0.6) is 0 Å². The molecule has 2 aromatic rings. The van der Waals surface area contributed by atoms with Crippen LogP contribution < -0.4 is 10.6 Å². The zero-order valence-corrected chi connectivity index (χ0v) is 19.0. The molecule has 1 aromatic heterocycles. The first-order valence-electron chi connectivity index (χ1n) is 10.0. The number of hydrogen-bond acceptors (Lipinski definition) is 2. The summed E-state index contributed by atoms with van der Waals surface area (Å²) >= 11 is 0. The zero-order valence-electron chi connectivity index (χ0n) is 16.6. The first kappa shape index (κ1) is 20.5. The van der Waals surface area contributed by atoms with Crippen LogP contribution in [-0.4, -0.2) is 47.6 Å². The van der Waals surface area contributed by atoms with Gasteiger partial charge in [0.15, 0.2) is 5.96 Å². The molecule has 1 saturated heterocycles. The van der Waals surface area contributed by atoms with E-state index in [4.69, 9.17) is 4.99 Å². The molecule has 6 heteroatoms. The highest BCUT2D eigenvalue weighted by Crippen LogP contribution is 2.29. The van der Waals surface area contributed by atoms with E-state index in [1.54, 1.807) is 0 Å². The highest BCUT2D eigenvalue weighted by Gasteiger charge is 2.34. The van der Waals surface area contributed by atoms with Gasteiger partial charge in [-0.3, -0.25) is 4.90 Å². The number of aliphatic imine (C=N–C) groups is 1. The Morgan fingerprint density at radius 2 is 2.07 bits per heavy atom. The molecule has 4 rings (SSSR count). The molecule has 1 atom stereocenters. The van der Waals surface area contributed by atoms with Gasteiger partial charge in [-0.1, -0.05) is 6.07 Å². The number of hydrogen-bond donors (Lipinski definition) is 3. The van der Waals surface area contributed by atoms with Gasteiger partial charge in [0, 0.05) is 48.3 Å². The van der Waals surface area contributed by atoms with Crippen molar-refractivity contribution in [3.63, 3.8) is 0 Å². The van der Waals surface area contributed by atoms with E-state index in [0.717, 1.165) is 25.1 Å². The normalized spacial score (nSPS) is 20.7. The molecule has 0 spiro atoms. The minimum atomic E-state index is 0. The number of aromatic nitrogens is 1. The minimum absolute atomic E-state index is 0. The lowest BCUT2D eigenvalue weighted by atomic mass is 10.1. The lowest BCUT2D eigenvalue weighted by Gasteiger charge is -2.18. The predicted octanol–water partition coefficient (Wildman–Crippen LogP) is 3.69. The fourth-order valence-corrected chi connectivity index (χ4v) is 3.97. The molecule has 27 heavy (non-hydrogen) atoms. The van der Waals surface area contributed by atoms with Crippen LogP contribution >= 0.6 is 24.0 Å². The van der Waals surface area contributed by atoms with Crippen molar-refractivity contribution < 1.29 is 0 Å². The largest absolute Gasteiger partial charge is 0.358 e. The Labute approximate surface area is 179 Å². The minimum Gasteiger partial charge on any atom is -0.358 e. The number of halogens is 1. The third-order valence-electron chi connectivity index (χ3n) is 5.76. The Morgan fingerprint density at radius 3 is 2.81 bits per heavy atom. The number of rotatable bonds is 5. The highest BCUT2D eigenvalue weighted by atomic mass is 127. The monoisotopic (exact) mass is 481 g/mol. The molecule has 1 aliphatic carbocycles. The van der Waals surface area contributed by atoms with Crippen molar-refractivity contribution >= 4 is 40.8 Å². The number of benzene rings is 1. The first-order valence-corrected chi connectivity index (χ1v) is 10.0. The summed E-state index contributed by atoms with van der Waals surface area (Å²) in [5.74, 6) is 0.942. The maximum Gasteiger partial charge on any atom is 0.191 e. The van der Waals surface area contributed by atoms with E-state index in [0.29, 0.717) is 12.6 Å². The molecule has 0 amide bonds. The van der Waals surface area contributed by atoms with Gasteiger partial charge in [0.05, 0.1) is 6.54 Å². The fraction of sp³-hybridized carbons (Fsp3) is 0.571. The number of aryl methyl sites for hydroxylation is 2. The summed E-state index contributed by atoms with van der Waals surface area (Å²) in [5.41, 5.74) is 5.05. The van der Waals surface area contributed by atoms with E-state index in [2.05, 4.69) is 59.5 Å². The Morgan fingerprint density at radius 1 is 1.26 bits per heavy atom.